The van der Waals surface area contributed by atoms with Crippen molar-refractivity contribution in [3.8, 4) is 0 Å². The van der Waals surface area contributed by atoms with Crippen LogP contribution in [0.25, 0.3) is 21.5 Å². The number of nitrogens with zero attached hydrogens (tertiary/aromatic N) is 8. The molecule has 4 unspecified atom stereocenters. The van der Waals surface area contributed by atoms with Crippen molar-refractivity contribution in [1.29, 1.82) is 0 Å². The molecule has 216 valence electrons. The Morgan fingerprint density at radius 1 is 0.609 bits per heavy atom. The Morgan fingerprint density at radius 3 is 1.93 bits per heavy atom. The second kappa shape index (κ2) is 8.10. The molecule has 0 saturated carbocycles. The van der Waals surface area contributed by atoms with Gasteiger partial charge in [0.25, 0.3) is 0 Å². The van der Waals surface area contributed by atoms with Gasteiger partial charge in [0, 0.05) is 0 Å². The molecule has 0 saturated heterocycles. The molecule has 0 fully saturated rings. The van der Waals surface area contributed by atoms with Crippen LogP contribution in [0.4, 0.5) is 11.6 Å². The Balaban J connectivity index is 1.37. The molecular weight excluding hydrogens is 811 g/mol. The zero-order valence-electron chi connectivity index (χ0n) is 23.7. The summed E-state index contributed by atoms with van der Waals surface area (Å²) in [5.74, 6) is 3.15. The van der Waals surface area contributed by atoms with Gasteiger partial charge in [0.1, 0.15) is 0 Å². The van der Waals surface area contributed by atoms with Gasteiger partial charge < -0.3 is 0 Å². The van der Waals surface area contributed by atoms with E-state index in [4.69, 9.17) is 30.0 Å². The molecule has 0 radical (unpaired) electrons. The number of amidine groups is 2. The molecule has 8 nitrogen and oxygen atoms in total. The molecule has 2 aromatic heterocycles. The van der Waals surface area contributed by atoms with Gasteiger partial charge in [-0.05, 0) is 0 Å². The summed E-state index contributed by atoms with van der Waals surface area (Å²) in [7, 11) is 0. The van der Waals surface area contributed by atoms with E-state index in [9.17, 15) is 0 Å². The number of hydrogen-bond donors (Lipinski definition) is 0. The fourth-order valence-electron chi connectivity index (χ4n) is 8.52. The monoisotopic (exact) mass is 828 g/mol. The first-order valence-electron chi connectivity index (χ1n) is 15.2. The van der Waals surface area contributed by atoms with E-state index in [1.165, 1.54) is 5.56 Å². The zero-order chi connectivity index (χ0) is 30.1. The van der Waals surface area contributed by atoms with Gasteiger partial charge >= 0.3 is 284 Å². The molecular formula is C35H18Br2N8Sn. The summed E-state index contributed by atoms with van der Waals surface area (Å²) in [6.45, 7) is 0. The van der Waals surface area contributed by atoms with Gasteiger partial charge in [-0.25, -0.2) is 0 Å². The standard InChI is InChI=1S/C35H18Br2N8.Sn/c36-26-17-38-30-20-11-3-4-12-21(20)32(41-30)43-34-24-15-7-8-16-25(24)35(45-34)44-33-23-14-6-5-13-22(23)31(42-33)40-29(37)28-19-10-2-1-9-18(19)27(26)39-28;/h1-16,26-27H;/q-2;+2. The average Bonchev–Trinajstić information content (AvgIpc) is 3.90. The van der Waals surface area contributed by atoms with Crippen LogP contribution >= 0.6 is 31.9 Å². The van der Waals surface area contributed by atoms with Crippen molar-refractivity contribution in [3.05, 3.63) is 130 Å². The number of alkyl halides is 2. The van der Waals surface area contributed by atoms with E-state index in [0.29, 0.717) is 11.7 Å². The van der Waals surface area contributed by atoms with Crippen molar-refractivity contribution in [3.63, 3.8) is 0 Å². The topological polar surface area (TPSA) is 84.0 Å². The summed E-state index contributed by atoms with van der Waals surface area (Å²) in [6, 6.07) is 33.8. The van der Waals surface area contributed by atoms with E-state index in [0.717, 1.165) is 70.3 Å². The number of aromatic nitrogens is 2. The van der Waals surface area contributed by atoms with Crippen LogP contribution in [-0.2, 0) is 0 Å². The van der Waals surface area contributed by atoms with E-state index < -0.39 is 21.4 Å². The number of benzene rings is 4. The number of rotatable bonds is 0. The first-order chi connectivity index (χ1) is 22.6. The van der Waals surface area contributed by atoms with Gasteiger partial charge in [-0.2, -0.15) is 0 Å². The third kappa shape index (κ3) is 2.57. The third-order valence-electron chi connectivity index (χ3n) is 10.3. The van der Waals surface area contributed by atoms with Crippen molar-refractivity contribution < 1.29 is 0 Å². The maximum absolute atomic E-state index is 5.78. The van der Waals surface area contributed by atoms with Crippen molar-refractivity contribution in [1.82, 2.24) is 5.58 Å². The van der Waals surface area contributed by atoms with E-state index >= 15 is 0 Å². The van der Waals surface area contributed by atoms with Crippen molar-refractivity contribution in [2.75, 3.05) is 0 Å². The van der Waals surface area contributed by atoms with Gasteiger partial charge in [0.2, 0.25) is 0 Å². The number of hydrogen-bond acceptors (Lipinski definition) is 6. The minimum absolute atomic E-state index is 0.120. The SMILES string of the molecule is BrC1[C]2=Nc3c4ccccc4c4[n]3[Sn]23[n]2c(c5ccccc5c2=N[C]3(Br)C2=NC1c1ccccc12)=NC1=NC(=N4)c2ccccc21. The molecule has 0 aliphatic carbocycles. The summed E-state index contributed by atoms with van der Waals surface area (Å²) < 4.78 is 5.28. The molecule has 0 N–H and O–H groups in total. The molecule has 4 bridgehead atoms. The predicted molar refractivity (Wildman–Crippen MR) is 189 cm³/mol. The molecule has 8 heterocycles. The molecule has 4 atom stereocenters. The second-order valence-electron chi connectivity index (χ2n) is 12.4. The van der Waals surface area contributed by atoms with Crippen LogP contribution in [0.5, 0.6) is 0 Å². The minimum atomic E-state index is -4.65. The van der Waals surface area contributed by atoms with Crippen LogP contribution in [0.2, 0.25) is 0 Å². The predicted octanol–water partition coefficient (Wildman–Crippen LogP) is 6.12. The molecule has 6 aliphatic rings. The van der Waals surface area contributed by atoms with E-state index in [1.807, 2.05) is 12.1 Å². The molecule has 12 rings (SSSR count). The van der Waals surface area contributed by atoms with E-state index in [2.05, 4.69) is 122 Å². The van der Waals surface area contributed by atoms with Crippen LogP contribution in [0.3, 0.4) is 0 Å². The Hall–Kier alpha value is -4.00. The number of fused-ring (bicyclic) bond motifs is 15. The molecule has 6 aliphatic heterocycles. The van der Waals surface area contributed by atoms with E-state index in [1.54, 1.807) is 0 Å². The third-order valence-corrected chi connectivity index (χ3v) is 29.7. The number of halogens is 2. The Kier molecular flexibility index (Phi) is 4.42. The number of aliphatic imine (C=N–C) groups is 4. The summed E-state index contributed by atoms with van der Waals surface area (Å²) in [5.41, 5.74) is 7.07. The molecule has 46 heavy (non-hydrogen) atoms. The first kappa shape index (κ1) is 25.1. The molecule has 1 spiro atoms. The first-order valence-corrected chi connectivity index (χ1v) is 22.3. The zero-order valence-corrected chi connectivity index (χ0v) is 29.8. The Morgan fingerprint density at radius 2 is 1.20 bits per heavy atom. The Bertz CT molecular complexity index is 2770. The summed E-state index contributed by atoms with van der Waals surface area (Å²) >= 11 is 4.06. The molecule has 6 aromatic rings. The van der Waals surface area contributed by atoms with Crippen LogP contribution in [0, 0.1) is 0 Å². The fraction of sp³-hybridized carbons (Fsp3) is 0.0857. The maximum atomic E-state index is 5.78. The van der Waals surface area contributed by atoms with Gasteiger partial charge in [-0.15, -0.1) is 0 Å². The average molecular weight is 829 g/mol. The summed E-state index contributed by atoms with van der Waals surface area (Å²) in [6.07, 6.45) is 0. The normalized spacial score (nSPS) is 26.7. The van der Waals surface area contributed by atoms with Crippen LogP contribution in [-0.4, -0.2) is 52.9 Å². The molecule has 0 amide bonds. The van der Waals surface area contributed by atoms with Crippen LogP contribution in [0.1, 0.15) is 28.3 Å². The van der Waals surface area contributed by atoms with E-state index in [-0.39, 0.29) is 10.9 Å². The summed E-state index contributed by atoms with van der Waals surface area (Å²) in [4.78, 5) is 32.9. The second-order valence-corrected chi connectivity index (χ2v) is 26.5. The van der Waals surface area contributed by atoms with Gasteiger partial charge in [-0.1, -0.05) is 0 Å². The van der Waals surface area contributed by atoms with Gasteiger partial charge in [0.15, 0.2) is 0 Å². The van der Waals surface area contributed by atoms with Crippen molar-refractivity contribution in [2.24, 2.45) is 30.0 Å². The van der Waals surface area contributed by atoms with Crippen molar-refractivity contribution >= 4 is 105 Å². The van der Waals surface area contributed by atoms with Crippen molar-refractivity contribution in [2.45, 2.75) is 13.3 Å². The quantitative estimate of drug-likeness (QED) is 0.101. The molecule has 4 aromatic carbocycles. The molecule has 11 heteroatoms. The van der Waals surface area contributed by atoms with Crippen LogP contribution in [0.15, 0.2) is 127 Å². The van der Waals surface area contributed by atoms with Gasteiger partial charge in [0.05, 0.1) is 0 Å². The summed E-state index contributed by atoms with van der Waals surface area (Å²) in [5, 5.41) is 4.25. The fourth-order valence-corrected chi connectivity index (χ4v) is 29.9. The van der Waals surface area contributed by atoms with Gasteiger partial charge in [-0.3, -0.25) is 0 Å². The van der Waals surface area contributed by atoms with Crippen LogP contribution < -0.4 is 11.0 Å². The Labute approximate surface area is 282 Å².